The smallest absolute Gasteiger partial charge is 0.381 e. The van der Waals surface area contributed by atoms with Gasteiger partial charge < -0.3 is 25.4 Å². The molecule has 2 aliphatic rings. The second kappa shape index (κ2) is 15.7. The van der Waals surface area contributed by atoms with Crippen LogP contribution < -0.4 is 20.7 Å². The quantitative estimate of drug-likeness (QED) is 0.208. The molecule has 0 radical (unpaired) electrons. The number of nitrogens with one attached hydrogen (secondary N) is 4. The number of halogens is 4. The van der Waals surface area contributed by atoms with E-state index in [4.69, 9.17) is 26.1 Å². The predicted molar refractivity (Wildman–Crippen MR) is 165 cm³/mol. The average molecular weight is 674 g/mol. The lowest BCUT2D eigenvalue weighted by molar-refractivity contribution is -0.0449. The van der Waals surface area contributed by atoms with Crippen LogP contribution in [0.1, 0.15) is 45.4 Å². The van der Waals surface area contributed by atoms with Crippen molar-refractivity contribution in [3.63, 3.8) is 0 Å². The summed E-state index contributed by atoms with van der Waals surface area (Å²) in [6.45, 7) is 3.17. The van der Waals surface area contributed by atoms with Crippen LogP contribution in [0.15, 0.2) is 30.5 Å². The molecule has 248 valence electrons. The molecule has 1 atom stereocenters. The molecule has 1 aliphatic carbocycles. The van der Waals surface area contributed by atoms with Gasteiger partial charge in [-0.05, 0) is 63.6 Å². The summed E-state index contributed by atoms with van der Waals surface area (Å²) in [5.74, 6) is 1.35. The molecule has 4 N–H and O–H groups in total. The van der Waals surface area contributed by atoms with Crippen LogP contribution in [0.2, 0.25) is 5.02 Å². The van der Waals surface area contributed by atoms with Gasteiger partial charge in [0.05, 0.1) is 35.4 Å². The minimum Gasteiger partial charge on any atom is -0.381 e. The second-order valence-electron chi connectivity index (χ2n) is 11.5. The molecule has 2 fully saturated rings. The van der Waals surface area contributed by atoms with Gasteiger partial charge in [0, 0.05) is 56.2 Å². The second-order valence-corrected chi connectivity index (χ2v) is 13.7. The molecule has 4 rings (SSSR count). The number of hydrogen-bond acceptors (Lipinski definition) is 10. The molecule has 0 unspecified atom stereocenters. The summed E-state index contributed by atoms with van der Waals surface area (Å²) in [6.07, 6.45) is 6.56. The molecule has 45 heavy (non-hydrogen) atoms. The van der Waals surface area contributed by atoms with Gasteiger partial charge in [-0.25, -0.2) is 23.1 Å². The molecule has 3 heterocycles. The molecule has 2 aromatic rings. The number of ether oxygens (including phenoxy) is 2. The number of alkyl halides is 3. The lowest BCUT2D eigenvalue weighted by atomic mass is 9.82. The Kier molecular flexibility index (Phi) is 12.3. The van der Waals surface area contributed by atoms with Crippen LogP contribution in [-0.4, -0.2) is 81.5 Å². The lowest BCUT2D eigenvalue weighted by Gasteiger charge is -2.32. The highest BCUT2D eigenvalue weighted by molar-refractivity contribution is 7.90. The Hall–Kier alpha value is -2.74. The zero-order chi connectivity index (χ0) is 32.5. The van der Waals surface area contributed by atoms with Crippen molar-refractivity contribution in [2.75, 3.05) is 50.2 Å². The first-order valence-corrected chi connectivity index (χ1v) is 16.8. The molecule has 2 aromatic heterocycles. The summed E-state index contributed by atoms with van der Waals surface area (Å²) in [7, 11) is -5.36. The molecular weight excluding hydrogens is 635 g/mol. The van der Waals surface area contributed by atoms with Gasteiger partial charge in [-0.3, -0.25) is 0 Å². The van der Waals surface area contributed by atoms with Crippen molar-refractivity contribution in [3.05, 3.63) is 35.5 Å². The van der Waals surface area contributed by atoms with E-state index in [0.29, 0.717) is 55.0 Å². The van der Waals surface area contributed by atoms with Crippen LogP contribution in [0, 0.1) is 16.7 Å². The number of anilines is 2. The third-order valence-electron chi connectivity index (χ3n) is 7.99. The Morgan fingerprint density at radius 3 is 2.58 bits per heavy atom. The molecule has 16 heteroatoms. The Labute approximate surface area is 266 Å². The topological polar surface area (TPSA) is 150 Å². The number of aromatic nitrogens is 2. The van der Waals surface area contributed by atoms with Crippen molar-refractivity contribution in [1.29, 1.82) is 5.26 Å². The maximum atomic E-state index is 12.4. The normalized spacial score (nSPS) is 21.1. The number of hydrogen-bond donors (Lipinski definition) is 4. The van der Waals surface area contributed by atoms with Gasteiger partial charge in [0.2, 0.25) is 0 Å². The highest BCUT2D eigenvalue weighted by Crippen LogP contribution is 2.32. The highest BCUT2D eigenvalue weighted by atomic mass is 35.5. The number of nitrogens with zero attached hydrogens (tertiary/aromatic N) is 3. The maximum absolute atomic E-state index is 12.4. The summed E-state index contributed by atoms with van der Waals surface area (Å²) in [5, 5.41) is 20.5. The van der Waals surface area contributed by atoms with Gasteiger partial charge in [0.15, 0.2) is 0 Å². The van der Waals surface area contributed by atoms with Crippen molar-refractivity contribution in [2.24, 2.45) is 5.41 Å². The van der Waals surface area contributed by atoms with Crippen LogP contribution in [0.4, 0.5) is 24.8 Å². The van der Waals surface area contributed by atoms with Crippen LogP contribution in [0.5, 0.6) is 0 Å². The summed E-state index contributed by atoms with van der Waals surface area (Å²) in [5.41, 5.74) is -4.38. The van der Waals surface area contributed by atoms with E-state index in [-0.39, 0.29) is 31.3 Å². The van der Waals surface area contributed by atoms with Gasteiger partial charge >= 0.3 is 15.5 Å². The Morgan fingerprint density at radius 2 is 1.89 bits per heavy atom. The van der Waals surface area contributed by atoms with Crippen molar-refractivity contribution < 1.29 is 31.1 Å². The molecular formula is C29H39ClF3N7O4S. The van der Waals surface area contributed by atoms with Crippen molar-refractivity contribution in [3.8, 4) is 17.3 Å². The minimum absolute atomic E-state index is 0.0564. The zero-order valence-electron chi connectivity index (χ0n) is 25.0. The fraction of sp³-hybridized carbons (Fsp3) is 0.621. The predicted octanol–water partition coefficient (Wildman–Crippen LogP) is 4.69. The molecule has 0 bridgehead atoms. The van der Waals surface area contributed by atoms with Gasteiger partial charge in [-0.2, -0.15) is 18.4 Å². The molecule has 1 saturated carbocycles. The fourth-order valence-electron chi connectivity index (χ4n) is 5.40. The van der Waals surface area contributed by atoms with Crippen molar-refractivity contribution in [1.82, 2.24) is 20.0 Å². The van der Waals surface area contributed by atoms with E-state index >= 15 is 0 Å². The summed E-state index contributed by atoms with van der Waals surface area (Å²) >= 11 is 6.53. The third-order valence-corrected chi connectivity index (χ3v) is 9.48. The monoisotopic (exact) mass is 673 g/mol. The number of nitriles is 1. The fourth-order valence-corrected chi connectivity index (χ4v) is 6.12. The average Bonchev–Trinajstić information content (AvgIpc) is 3.02. The van der Waals surface area contributed by atoms with E-state index in [1.54, 1.807) is 6.20 Å². The van der Waals surface area contributed by atoms with Gasteiger partial charge in [-0.15, -0.1) is 0 Å². The van der Waals surface area contributed by atoms with E-state index in [9.17, 15) is 26.9 Å². The first-order valence-electron chi connectivity index (χ1n) is 14.9. The number of sulfonamides is 1. The summed E-state index contributed by atoms with van der Waals surface area (Å²) < 4.78 is 71.4. The SMILES string of the molecule is C[C@@H](COCCNS(=O)(=O)C(F)(F)F)NC1CCC(Nc2cc(-c3cccc(NCC4(C#N)CCOCC4)n3)c(Cl)cn2)CC1. The Bertz CT molecular complexity index is 1410. The molecule has 11 nitrogen and oxygen atoms in total. The van der Waals surface area contributed by atoms with Crippen LogP contribution in [0.25, 0.3) is 11.3 Å². The highest BCUT2D eigenvalue weighted by Gasteiger charge is 2.45. The van der Waals surface area contributed by atoms with E-state index in [0.717, 1.165) is 31.2 Å². The molecule has 0 spiro atoms. The van der Waals surface area contributed by atoms with Crippen molar-refractivity contribution >= 4 is 33.3 Å². The standard InChI is InChI=1S/C29H39ClF3N7O4S/c1-20(17-44-14-11-37-45(41,42)29(31,32)33)38-21-5-7-22(8-6-21)39-27-15-23(24(30)16-35-27)25-3-2-4-26(40-25)36-19-28(18-34)9-12-43-13-10-28/h2-4,15-16,20-22,37-38H,5-14,17,19H2,1H3,(H,35,39)(H,36,40)/t20-,21?,22?/m0/s1. The Morgan fingerprint density at radius 1 is 1.18 bits per heavy atom. The summed E-state index contributed by atoms with van der Waals surface area (Å²) in [6, 6.07) is 10.4. The molecule has 0 amide bonds. The Balaban J connectivity index is 1.22. The van der Waals surface area contributed by atoms with Gasteiger partial charge in [0.1, 0.15) is 11.6 Å². The van der Waals surface area contributed by atoms with E-state index in [1.165, 1.54) is 4.72 Å². The molecule has 1 aliphatic heterocycles. The van der Waals surface area contributed by atoms with Gasteiger partial charge in [0.25, 0.3) is 0 Å². The van der Waals surface area contributed by atoms with Crippen LogP contribution in [0.3, 0.4) is 0 Å². The number of pyridine rings is 2. The maximum Gasteiger partial charge on any atom is 0.511 e. The first-order chi connectivity index (χ1) is 21.4. The summed E-state index contributed by atoms with van der Waals surface area (Å²) in [4.78, 5) is 9.22. The van der Waals surface area contributed by atoms with Crippen LogP contribution in [-0.2, 0) is 19.5 Å². The largest absolute Gasteiger partial charge is 0.511 e. The number of rotatable bonds is 14. The molecule has 0 aromatic carbocycles. The van der Waals surface area contributed by atoms with Gasteiger partial charge in [-0.1, -0.05) is 17.7 Å². The van der Waals surface area contributed by atoms with E-state index in [1.807, 2.05) is 31.2 Å². The van der Waals surface area contributed by atoms with Crippen molar-refractivity contribution in [2.45, 2.75) is 69.1 Å². The van der Waals surface area contributed by atoms with Crippen LogP contribution >= 0.6 is 11.6 Å². The zero-order valence-corrected chi connectivity index (χ0v) is 26.6. The minimum atomic E-state index is -5.36. The lowest BCUT2D eigenvalue weighted by Crippen LogP contribution is -2.43. The third kappa shape index (κ3) is 10.1. The first kappa shape index (κ1) is 35.1. The molecule has 1 saturated heterocycles. The van der Waals surface area contributed by atoms with E-state index < -0.39 is 27.5 Å². The van der Waals surface area contributed by atoms with E-state index in [2.05, 4.69) is 27.0 Å².